The Labute approximate surface area is 140 Å². The van der Waals surface area contributed by atoms with Crippen molar-refractivity contribution >= 4 is 34.2 Å². The molecular weight excluding hydrogens is 312 g/mol. The monoisotopic (exact) mass is 332 g/mol. The number of aromatic nitrogens is 2. The molecule has 1 aromatic carbocycles. The Bertz CT molecular complexity index is 742. The first kappa shape index (κ1) is 14.8. The minimum atomic E-state index is -0.287. The van der Waals surface area contributed by atoms with E-state index in [9.17, 15) is 4.79 Å². The summed E-state index contributed by atoms with van der Waals surface area (Å²) in [5, 5.41) is 12.1. The molecule has 4 rings (SSSR count). The summed E-state index contributed by atoms with van der Waals surface area (Å²) in [6.45, 7) is 3.68. The number of nitrogens with one attached hydrogen (secondary N) is 2. The minimum Gasteiger partial charge on any atom is -0.357 e. The van der Waals surface area contributed by atoms with Gasteiger partial charge in [-0.05, 0) is 56.2 Å². The molecular formula is C17H21ClN4O. The fraction of sp³-hybridized carbons (Fsp3) is 0.529. The summed E-state index contributed by atoms with van der Waals surface area (Å²) in [4.78, 5) is 14.6. The van der Waals surface area contributed by atoms with Crippen LogP contribution in [0.4, 0.5) is 5.82 Å². The lowest BCUT2D eigenvalue weighted by atomic mass is 9.93. The number of piperidine rings is 1. The van der Waals surface area contributed by atoms with Crippen LogP contribution in [0.15, 0.2) is 18.2 Å². The van der Waals surface area contributed by atoms with Crippen LogP contribution in [0.2, 0.25) is 5.02 Å². The molecule has 122 valence electrons. The second-order valence-electron chi connectivity index (χ2n) is 6.95. The van der Waals surface area contributed by atoms with Gasteiger partial charge in [0.05, 0.1) is 5.52 Å². The highest BCUT2D eigenvalue weighted by Crippen LogP contribution is 2.53. The molecule has 2 aliphatic rings. The molecule has 1 spiro atoms. The van der Waals surface area contributed by atoms with E-state index in [0.717, 1.165) is 36.8 Å². The van der Waals surface area contributed by atoms with Crippen LogP contribution >= 0.6 is 11.6 Å². The minimum absolute atomic E-state index is 0.158. The van der Waals surface area contributed by atoms with Crippen molar-refractivity contribution in [3.05, 3.63) is 23.2 Å². The molecule has 1 aromatic heterocycles. The van der Waals surface area contributed by atoms with Gasteiger partial charge in [0.15, 0.2) is 5.82 Å². The van der Waals surface area contributed by atoms with E-state index < -0.39 is 0 Å². The van der Waals surface area contributed by atoms with E-state index in [4.69, 9.17) is 11.6 Å². The fourth-order valence-electron chi connectivity index (χ4n) is 3.52. The quantitative estimate of drug-likeness (QED) is 0.905. The lowest BCUT2D eigenvalue weighted by Gasteiger charge is -2.33. The van der Waals surface area contributed by atoms with E-state index in [0.29, 0.717) is 16.3 Å². The molecule has 0 unspecified atom stereocenters. The molecule has 5 nitrogen and oxygen atoms in total. The Balaban J connectivity index is 1.44. The number of nitrogens with zero attached hydrogens (tertiary/aromatic N) is 2. The first-order valence-corrected chi connectivity index (χ1v) is 8.63. The molecule has 0 radical (unpaired) electrons. The zero-order valence-corrected chi connectivity index (χ0v) is 14.0. The van der Waals surface area contributed by atoms with Crippen LogP contribution in [0.25, 0.3) is 10.9 Å². The van der Waals surface area contributed by atoms with Crippen LogP contribution in [0.1, 0.15) is 32.6 Å². The van der Waals surface area contributed by atoms with Gasteiger partial charge >= 0.3 is 0 Å². The molecule has 1 aliphatic carbocycles. The maximum Gasteiger partial charge on any atom is 0.244 e. The van der Waals surface area contributed by atoms with E-state index in [2.05, 4.69) is 15.5 Å². The van der Waals surface area contributed by atoms with Crippen LogP contribution in [-0.4, -0.2) is 40.1 Å². The number of carbonyl (C=O) groups is 1. The van der Waals surface area contributed by atoms with Gasteiger partial charge in [0, 0.05) is 23.5 Å². The summed E-state index contributed by atoms with van der Waals surface area (Å²) in [6.07, 6.45) is 5.03. The number of fused-ring (bicyclic) bond motifs is 1. The molecule has 6 heteroatoms. The molecule has 1 atom stereocenters. The summed E-state index contributed by atoms with van der Waals surface area (Å²) >= 11 is 5.98. The van der Waals surface area contributed by atoms with Crippen molar-refractivity contribution in [3.63, 3.8) is 0 Å². The highest BCUT2D eigenvalue weighted by molar-refractivity contribution is 6.31. The highest BCUT2D eigenvalue weighted by Gasteiger charge is 2.45. The van der Waals surface area contributed by atoms with Gasteiger partial charge in [-0.1, -0.05) is 11.6 Å². The van der Waals surface area contributed by atoms with Crippen LogP contribution in [0, 0.1) is 5.41 Å². The standard InChI is InChI=1S/C17H21ClN4O/c1-11(16(23)22-8-6-17(4-5-17)7-9-22)19-15-13-3-2-12(18)10-14(13)20-21-15/h2-3,10-11H,4-9H2,1H3,(H2,19,20,21)/t11-/m1/s1. The third-order valence-corrected chi connectivity index (χ3v) is 5.58. The molecule has 23 heavy (non-hydrogen) atoms. The van der Waals surface area contributed by atoms with E-state index in [1.807, 2.05) is 30.0 Å². The van der Waals surface area contributed by atoms with Gasteiger partial charge < -0.3 is 10.2 Å². The first-order valence-electron chi connectivity index (χ1n) is 8.25. The van der Waals surface area contributed by atoms with E-state index in [1.54, 1.807) is 0 Å². The van der Waals surface area contributed by atoms with Crippen molar-refractivity contribution in [2.75, 3.05) is 18.4 Å². The van der Waals surface area contributed by atoms with Gasteiger partial charge in [0.25, 0.3) is 0 Å². The molecule has 2 N–H and O–H groups in total. The number of benzene rings is 1. The van der Waals surface area contributed by atoms with E-state index in [1.165, 1.54) is 12.8 Å². The number of hydrogen-bond acceptors (Lipinski definition) is 3. The Morgan fingerprint density at radius 2 is 2.09 bits per heavy atom. The highest BCUT2D eigenvalue weighted by atomic mass is 35.5. The number of H-pyrrole nitrogens is 1. The average Bonchev–Trinajstić information content (AvgIpc) is 3.19. The molecule has 2 heterocycles. The molecule has 1 saturated heterocycles. The Morgan fingerprint density at radius 3 is 2.78 bits per heavy atom. The normalized spacial score (nSPS) is 20.7. The Morgan fingerprint density at radius 1 is 1.35 bits per heavy atom. The summed E-state index contributed by atoms with van der Waals surface area (Å²) in [6, 6.07) is 5.29. The van der Waals surface area contributed by atoms with Crippen molar-refractivity contribution in [1.82, 2.24) is 15.1 Å². The van der Waals surface area contributed by atoms with Gasteiger partial charge in [-0.25, -0.2) is 0 Å². The van der Waals surface area contributed by atoms with Gasteiger partial charge in [0.1, 0.15) is 6.04 Å². The first-order chi connectivity index (χ1) is 11.1. The number of anilines is 1. The van der Waals surface area contributed by atoms with Crippen LogP contribution in [0.5, 0.6) is 0 Å². The van der Waals surface area contributed by atoms with Crippen molar-refractivity contribution in [2.45, 2.75) is 38.6 Å². The Hall–Kier alpha value is -1.75. The van der Waals surface area contributed by atoms with E-state index in [-0.39, 0.29) is 11.9 Å². The fourth-order valence-corrected chi connectivity index (χ4v) is 3.69. The number of halogens is 1. The van der Waals surface area contributed by atoms with Crippen molar-refractivity contribution in [1.29, 1.82) is 0 Å². The smallest absolute Gasteiger partial charge is 0.244 e. The number of amides is 1. The number of aromatic amines is 1. The SMILES string of the molecule is C[C@@H](Nc1n[nH]c2cc(Cl)ccc12)C(=O)N1CCC2(CC1)CC2. The van der Waals surface area contributed by atoms with Gasteiger partial charge in [0.2, 0.25) is 5.91 Å². The van der Waals surface area contributed by atoms with Gasteiger partial charge in [-0.2, -0.15) is 5.10 Å². The zero-order valence-electron chi connectivity index (χ0n) is 13.2. The number of likely N-dealkylation sites (tertiary alicyclic amines) is 1. The van der Waals surface area contributed by atoms with Gasteiger partial charge in [-0.3, -0.25) is 9.89 Å². The zero-order chi connectivity index (χ0) is 16.0. The summed E-state index contributed by atoms with van der Waals surface area (Å²) in [7, 11) is 0. The molecule has 1 saturated carbocycles. The number of rotatable bonds is 3. The summed E-state index contributed by atoms with van der Waals surface area (Å²) in [5.74, 6) is 0.860. The summed E-state index contributed by atoms with van der Waals surface area (Å²) in [5.41, 5.74) is 1.46. The maximum atomic E-state index is 12.7. The van der Waals surface area contributed by atoms with Crippen molar-refractivity contribution < 1.29 is 4.79 Å². The predicted molar refractivity (Wildman–Crippen MR) is 91.7 cm³/mol. The predicted octanol–water partition coefficient (Wildman–Crippen LogP) is 3.42. The lowest BCUT2D eigenvalue weighted by molar-refractivity contribution is -0.133. The van der Waals surface area contributed by atoms with E-state index >= 15 is 0 Å². The largest absolute Gasteiger partial charge is 0.357 e. The number of carbonyl (C=O) groups excluding carboxylic acids is 1. The third kappa shape index (κ3) is 2.78. The molecule has 2 fully saturated rings. The van der Waals surface area contributed by atoms with Crippen LogP contribution in [0.3, 0.4) is 0 Å². The summed E-state index contributed by atoms with van der Waals surface area (Å²) < 4.78 is 0. The average molecular weight is 333 g/mol. The third-order valence-electron chi connectivity index (χ3n) is 5.34. The number of hydrogen-bond donors (Lipinski definition) is 2. The second-order valence-corrected chi connectivity index (χ2v) is 7.39. The maximum absolute atomic E-state index is 12.7. The molecule has 1 amide bonds. The van der Waals surface area contributed by atoms with Crippen LogP contribution < -0.4 is 5.32 Å². The molecule has 0 bridgehead atoms. The van der Waals surface area contributed by atoms with Crippen LogP contribution in [-0.2, 0) is 4.79 Å². The Kier molecular flexibility index (Phi) is 3.48. The molecule has 2 aromatic rings. The second kappa shape index (κ2) is 5.41. The van der Waals surface area contributed by atoms with Crippen molar-refractivity contribution in [2.24, 2.45) is 5.41 Å². The topological polar surface area (TPSA) is 61.0 Å². The lowest BCUT2D eigenvalue weighted by Crippen LogP contribution is -2.45. The molecule has 1 aliphatic heterocycles. The van der Waals surface area contributed by atoms with Gasteiger partial charge in [-0.15, -0.1) is 0 Å². The van der Waals surface area contributed by atoms with Crippen molar-refractivity contribution in [3.8, 4) is 0 Å².